The number of hydrogen-bond acceptors (Lipinski definition) is 2. The molecule has 86 valence electrons. The Bertz CT molecular complexity index is 358. The second kappa shape index (κ2) is 4.56. The van der Waals surface area contributed by atoms with E-state index in [1.807, 2.05) is 0 Å². The molecule has 1 aromatic rings. The number of rotatable bonds is 1. The minimum Gasteiger partial charge on any atom is -0.372 e. The fraction of sp³-hybridized carbons (Fsp3) is 0.571. The van der Waals surface area contributed by atoms with Gasteiger partial charge in [0, 0.05) is 12.6 Å². The Balaban J connectivity index is 1.92. The van der Waals surface area contributed by atoms with Crippen molar-refractivity contribution in [2.24, 2.45) is 0 Å². The van der Waals surface area contributed by atoms with Gasteiger partial charge in [0.05, 0.1) is 6.10 Å². The van der Waals surface area contributed by atoms with Gasteiger partial charge in [0.25, 0.3) is 0 Å². The Morgan fingerprint density at radius 1 is 1.19 bits per heavy atom. The molecule has 0 saturated carbocycles. The van der Waals surface area contributed by atoms with Crippen LogP contribution in [0.3, 0.4) is 0 Å². The van der Waals surface area contributed by atoms with Crippen LogP contribution in [0.1, 0.15) is 36.5 Å². The lowest BCUT2D eigenvalue weighted by Crippen LogP contribution is -2.30. The lowest BCUT2D eigenvalue weighted by atomic mass is 9.95. The summed E-state index contributed by atoms with van der Waals surface area (Å²) in [5, 5.41) is 3.57. The maximum Gasteiger partial charge on any atom is 0.0980 e. The van der Waals surface area contributed by atoms with Gasteiger partial charge in [-0.15, -0.1) is 0 Å². The van der Waals surface area contributed by atoms with Crippen molar-refractivity contribution < 1.29 is 4.74 Å². The standard InChI is InChI=1S/C14H19NO/c1-2-7-12-11(5-1)6-4-10-16-14(12)13-8-3-9-15-13/h1-2,5,7,13-15H,3-4,6,8-10H2/t13?,14-/m1/s1. The third kappa shape index (κ3) is 1.87. The third-order valence-electron chi connectivity index (χ3n) is 3.71. The van der Waals surface area contributed by atoms with Crippen LogP contribution in [0.2, 0.25) is 0 Å². The van der Waals surface area contributed by atoms with Gasteiger partial charge in [-0.25, -0.2) is 0 Å². The van der Waals surface area contributed by atoms with Crippen LogP contribution in [-0.4, -0.2) is 19.2 Å². The first-order valence-corrected chi connectivity index (χ1v) is 6.38. The van der Waals surface area contributed by atoms with E-state index in [0.29, 0.717) is 6.04 Å². The number of ether oxygens (including phenoxy) is 1. The van der Waals surface area contributed by atoms with Crippen LogP contribution in [0.25, 0.3) is 0 Å². The Kier molecular flexibility index (Phi) is 2.94. The average molecular weight is 217 g/mol. The van der Waals surface area contributed by atoms with E-state index < -0.39 is 0 Å². The molecular formula is C14H19NO. The molecule has 1 unspecified atom stereocenters. The van der Waals surface area contributed by atoms with Crippen molar-refractivity contribution in [1.82, 2.24) is 5.32 Å². The zero-order chi connectivity index (χ0) is 10.8. The molecule has 1 fully saturated rings. The summed E-state index contributed by atoms with van der Waals surface area (Å²) in [5.41, 5.74) is 2.90. The fourth-order valence-corrected chi connectivity index (χ4v) is 2.90. The predicted octanol–water partition coefficient (Wildman–Crippen LogP) is 2.44. The molecule has 1 aromatic carbocycles. The maximum atomic E-state index is 6.05. The van der Waals surface area contributed by atoms with Crippen molar-refractivity contribution in [1.29, 1.82) is 0 Å². The Labute approximate surface area is 97.0 Å². The largest absolute Gasteiger partial charge is 0.372 e. The van der Waals surface area contributed by atoms with Gasteiger partial charge in [-0.3, -0.25) is 0 Å². The van der Waals surface area contributed by atoms with E-state index in [4.69, 9.17) is 4.74 Å². The normalized spacial score (nSPS) is 29.8. The Hall–Kier alpha value is -0.860. The second-order valence-corrected chi connectivity index (χ2v) is 4.80. The van der Waals surface area contributed by atoms with Crippen molar-refractivity contribution in [3.05, 3.63) is 35.4 Å². The van der Waals surface area contributed by atoms with Gasteiger partial charge >= 0.3 is 0 Å². The van der Waals surface area contributed by atoms with Crippen molar-refractivity contribution in [3.8, 4) is 0 Å². The van der Waals surface area contributed by atoms with E-state index in [1.165, 1.54) is 30.4 Å². The number of nitrogens with one attached hydrogen (secondary N) is 1. The van der Waals surface area contributed by atoms with Gasteiger partial charge in [-0.1, -0.05) is 24.3 Å². The van der Waals surface area contributed by atoms with Crippen LogP contribution in [0.5, 0.6) is 0 Å². The third-order valence-corrected chi connectivity index (χ3v) is 3.71. The maximum absolute atomic E-state index is 6.05. The summed E-state index contributed by atoms with van der Waals surface area (Å²) < 4.78 is 6.05. The van der Waals surface area contributed by atoms with E-state index in [0.717, 1.165) is 19.6 Å². The summed E-state index contributed by atoms with van der Waals surface area (Å²) in [7, 11) is 0. The number of hydrogen-bond donors (Lipinski definition) is 1. The molecule has 1 N–H and O–H groups in total. The Morgan fingerprint density at radius 3 is 3.00 bits per heavy atom. The summed E-state index contributed by atoms with van der Waals surface area (Å²) in [6, 6.07) is 9.30. The van der Waals surface area contributed by atoms with Gasteiger partial charge in [-0.2, -0.15) is 0 Å². The molecule has 0 aliphatic carbocycles. The van der Waals surface area contributed by atoms with Crippen LogP contribution in [0.15, 0.2) is 24.3 Å². The minimum atomic E-state index is 0.279. The summed E-state index contributed by atoms with van der Waals surface area (Å²) in [6.07, 6.45) is 5.13. The van der Waals surface area contributed by atoms with Crippen molar-refractivity contribution in [3.63, 3.8) is 0 Å². The van der Waals surface area contributed by atoms with Gasteiger partial charge in [0.2, 0.25) is 0 Å². The van der Waals surface area contributed by atoms with E-state index in [1.54, 1.807) is 0 Å². The molecule has 2 aliphatic heterocycles. The van der Waals surface area contributed by atoms with Crippen molar-refractivity contribution >= 4 is 0 Å². The molecule has 0 bridgehead atoms. The van der Waals surface area contributed by atoms with Gasteiger partial charge in [-0.05, 0) is 43.4 Å². The van der Waals surface area contributed by atoms with Crippen LogP contribution in [0, 0.1) is 0 Å². The zero-order valence-corrected chi connectivity index (χ0v) is 9.61. The number of aryl methyl sites for hydroxylation is 1. The number of benzene rings is 1. The van der Waals surface area contributed by atoms with Crippen LogP contribution < -0.4 is 5.32 Å². The molecule has 0 radical (unpaired) electrons. The molecule has 2 heterocycles. The first-order chi connectivity index (χ1) is 7.95. The Morgan fingerprint density at radius 2 is 2.12 bits per heavy atom. The van der Waals surface area contributed by atoms with E-state index in [9.17, 15) is 0 Å². The molecular weight excluding hydrogens is 198 g/mol. The summed E-state index contributed by atoms with van der Waals surface area (Å²) in [4.78, 5) is 0. The minimum absolute atomic E-state index is 0.279. The lowest BCUT2D eigenvalue weighted by Gasteiger charge is -2.24. The molecule has 0 spiro atoms. The summed E-state index contributed by atoms with van der Waals surface area (Å²) >= 11 is 0. The highest BCUT2D eigenvalue weighted by molar-refractivity contribution is 5.31. The molecule has 1 saturated heterocycles. The molecule has 2 aliphatic rings. The fourth-order valence-electron chi connectivity index (χ4n) is 2.90. The molecule has 16 heavy (non-hydrogen) atoms. The summed E-state index contributed by atoms with van der Waals surface area (Å²) in [5.74, 6) is 0. The van der Waals surface area contributed by atoms with E-state index in [-0.39, 0.29) is 6.10 Å². The van der Waals surface area contributed by atoms with Crippen molar-refractivity contribution in [2.75, 3.05) is 13.2 Å². The smallest absolute Gasteiger partial charge is 0.0980 e. The highest BCUT2D eigenvalue weighted by Crippen LogP contribution is 2.31. The highest BCUT2D eigenvalue weighted by Gasteiger charge is 2.29. The van der Waals surface area contributed by atoms with Gasteiger partial charge in [0.1, 0.15) is 0 Å². The summed E-state index contributed by atoms with van der Waals surface area (Å²) in [6.45, 7) is 2.05. The molecule has 0 aromatic heterocycles. The molecule has 2 atom stereocenters. The molecule has 3 rings (SSSR count). The first-order valence-electron chi connectivity index (χ1n) is 6.38. The zero-order valence-electron chi connectivity index (χ0n) is 9.61. The molecule has 0 amide bonds. The topological polar surface area (TPSA) is 21.3 Å². The van der Waals surface area contributed by atoms with E-state index >= 15 is 0 Å². The molecule has 2 nitrogen and oxygen atoms in total. The van der Waals surface area contributed by atoms with E-state index in [2.05, 4.69) is 29.6 Å². The molecule has 2 heteroatoms. The van der Waals surface area contributed by atoms with Crippen LogP contribution in [0.4, 0.5) is 0 Å². The van der Waals surface area contributed by atoms with Crippen LogP contribution in [-0.2, 0) is 11.2 Å². The first kappa shape index (κ1) is 10.3. The predicted molar refractivity (Wildman–Crippen MR) is 64.5 cm³/mol. The lowest BCUT2D eigenvalue weighted by molar-refractivity contribution is 0.0333. The van der Waals surface area contributed by atoms with Crippen molar-refractivity contribution in [2.45, 2.75) is 37.8 Å². The monoisotopic (exact) mass is 217 g/mol. The van der Waals surface area contributed by atoms with Gasteiger partial charge in [0.15, 0.2) is 0 Å². The highest BCUT2D eigenvalue weighted by atomic mass is 16.5. The SMILES string of the molecule is c1ccc2c(c1)CCCO[C@H]2C1CCCN1. The average Bonchev–Trinajstić information content (AvgIpc) is 2.76. The van der Waals surface area contributed by atoms with Gasteiger partial charge < -0.3 is 10.1 Å². The second-order valence-electron chi connectivity index (χ2n) is 4.80. The van der Waals surface area contributed by atoms with Crippen LogP contribution >= 0.6 is 0 Å². The number of fused-ring (bicyclic) bond motifs is 1. The quantitative estimate of drug-likeness (QED) is 0.780.